The van der Waals surface area contributed by atoms with E-state index in [4.69, 9.17) is 14.2 Å². The number of para-hydroxylation sites is 1. The zero-order chi connectivity index (χ0) is 23.7. The molecule has 8 heteroatoms. The fourth-order valence-electron chi connectivity index (χ4n) is 5.50. The maximum atomic E-state index is 12.4. The first-order valence-corrected chi connectivity index (χ1v) is 11.7. The molecule has 176 valence electrons. The third-order valence-electron chi connectivity index (χ3n) is 7.02. The molecule has 0 spiro atoms. The van der Waals surface area contributed by atoms with E-state index in [1.807, 2.05) is 30.3 Å². The van der Waals surface area contributed by atoms with Crippen molar-refractivity contribution in [3.8, 4) is 22.8 Å². The lowest BCUT2D eigenvalue weighted by Gasteiger charge is -2.27. The molecule has 3 aromatic rings. The molecule has 0 saturated heterocycles. The molecule has 0 N–H and O–H groups in total. The molecule has 2 aromatic carbocycles. The Labute approximate surface area is 198 Å². The Balaban J connectivity index is 1.86. The minimum Gasteiger partial charge on any atom is -0.493 e. The van der Waals surface area contributed by atoms with Crippen molar-refractivity contribution in [1.82, 2.24) is 4.57 Å². The Bertz CT molecular complexity index is 1290. The van der Waals surface area contributed by atoms with E-state index < -0.39 is 6.04 Å². The lowest BCUT2D eigenvalue weighted by atomic mass is 9.81. The van der Waals surface area contributed by atoms with Crippen LogP contribution in [0, 0.1) is 0 Å². The number of hydrogen-bond donors (Lipinski definition) is 0. The van der Waals surface area contributed by atoms with Gasteiger partial charge in [0.2, 0.25) is 0 Å². The first-order chi connectivity index (χ1) is 16.7. The van der Waals surface area contributed by atoms with E-state index in [1.54, 1.807) is 7.11 Å². The van der Waals surface area contributed by atoms with Gasteiger partial charge in [-0.05, 0) is 54.1 Å². The topological polar surface area (TPSA) is 98.5 Å². The molecule has 1 aliphatic heterocycles. The second-order valence-corrected chi connectivity index (χ2v) is 8.94. The zero-order valence-corrected chi connectivity index (χ0v) is 19.5. The molecular weight excluding hydrogens is 432 g/mol. The van der Waals surface area contributed by atoms with Crippen LogP contribution in [-0.2, 0) is 11.3 Å². The number of hydrogen-bond acceptors (Lipinski definition) is 5. The molecule has 0 amide bonds. The first-order valence-electron chi connectivity index (χ1n) is 11.7. The number of carbonyl (C=O) groups is 1. The number of esters is 1. The van der Waals surface area contributed by atoms with Crippen molar-refractivity contribution >= 4 is 16.9 Å². The summed E-state index contributed by atoms with van der Waals surface area (Å²) in [4.78, 5) is 15.4. The summed E-state index contributed by atoms with van der Waals surface area (Å²) in [5, 5.41) is 5.13. The van der Waals surface area contributed by atoms with Gasteiger partial charge in [0.25, 0.3) is 0 Å². The summed E-state index contributed by atoms with van der Waals surface area (Å²) in [7, 11) is 3.02. The molecule has 0 unspecified atom stereocenters. The number of aromatic nitrogens is 1. The molecule has 34 heavy (non-hydrogen) atoms. The number of azide groups is 1. The van der Waals surface area contributed by atoms with E-state index in [2.05, 4.69) is 20.7 Å². The van der Waals surface area contributed by atoms with Crippen LogP contribution in [0.4, 0.5) is 0 Å². The Kier molecular flexibility index (Phi) is 6.07. The van der Waals surface area contributed by atoms with Crippen LogP contribution < -0.4 is 9.47 Å². The number of carbonyl (C=O) groups excluding carboxylic acids is 1. The van der Waals surface area contributed by atoms with E-state index in [-0.39, 0.29) is 12.6 Å². The Morgan fingerprint density at radius 3 is 2.74 bits per heavy atom. The lowest BCUT2D eigenvalue weighted by Crippen LogP contribution is -2.25. The van der Waals surface area contributed by atoms with E-state index in [0.29, 0.717) is 29.5 Å². The highest BCUT2D eigenvalue weighted by molar-refractivity contribution is 5.99. The molecule has 1 atom stereocenters. The summed E-state index contributed by atoms with van der Waals surface area (Å²) in [6.45, 7) is 0.676. The van der Waals surface area contributed by atoms with Crippen molar-refractivity contribution in [3.63, 3.8) is 0 Å². The van der Waals surface area contributed by atoms with Gasteiger partial charge in [-0.2, -0.15) is 0 Å². The van der Waals surface area contributed by atoms with Crippen LogP contribution >= 0.6 is 0 Å². The van der Waals surface area contributed by atoms with Gasteiger partial charge < -0.3 is 18.8 Å². The van der Waals surface area contributed by atoms with Crippen LogP contribution in [0.25, 0.3) is 32.6 Å². The lowest BCUT2D eigenvalue weighted by molar-refractivity contribution is 0.0601. The summed E-state index contributed by atoms with van der Waals surface area (Å²) >= 11 is 0. The summed E-state index contributed by atoms with van der Waals surface area (Å²) < 4.78 is 19.1. The van der Waals surface area contributed by atoms with Crippen LogP contribution in [0.3, 0.4) is 0 Å². The normalized spacial score (nSPS) is 18.0. The monoisotopic (exact) mass is 460 g/mol. The quantitative estimate of drug-likeness (QED) is 0.200. The van der Waals surface area contributed by atoms with Crippen LogP contribution in [-0.4, -0.2) is 37.4 Å². The van der Waals surface area contributed by atoms with Crippen molar-refractivity contribution in [2.45, 2.75) is 50.6 Å². The van der Waals surface area contributed by atoms with Gasteiger partial charge >= 0.3 is 5.97 Å². The number of benzene rings is 2. The molecule has 1 aromatic heterocycles. The van der Waals surface area contributed by atoms with E-state index in [0.717, 1.165) is 35.0 Å². The van der Waals surface area contributed by atoms with Crippen molar-refractivity contribution in [2.24, 2.45) is 5.11 Å². The fraction of sp³-hybridized carbons (Fsp3) is 0.423. The first kappa shape index (κ1) is 22.2. The van der Waals surface area contributed by atoms with E-state index in [9.17, 15) is 10.3 Å². The highest BCUT2D eigenvalue weighted by Crippen LogP contribution is 2.49. The van der Waals surface area contributed by atoms with Gasteiger partial charge in [0, 0.05) is 27.9 Å². The number of ether oxygens (including phenoxy) is 3. The number of fused-ring (bicyclic) bond motifs is 5. The molecular formula is C26H28N4O4. The molecule has 1 aliphatic carbocycles. The molecule has 2 aliphatic rings. The summed E-state index contributed by atoms with van der Waals surface area (Å²) in [6.07, 6.45) is 5.87. The third-order valence-corrected chi connectivity index (χ3v) is 7.02. The van der Waals surface area contributed by atoms with Crippen molar-refractivity contribution < 1.29 is 19.0 Å². The van der Waals surface area contributed by atoms with E-state index >= 15 is 0 Å². The van der Waals surface area contributed by atoms with Crippen molar-refractivity contribution in [3.05, 3.63) is 58.0 Å². The van der Waals surface area contributed by atoms with Gasteiger partial charge in [-0.15, -0.1) is 0 Å². The molecule has 0 radical (unpaired) electrons. The minimum absolute atomic E-state index is 0.228. The van der Waals surface area contributed by atoms with Gasteiger partial charge in [0.05, 0.1) is 38.1 Å². The Morgan fingerprint density at radius 2 is 2.00 bits per heavy atom. The SMILES string of the molecule is COC(=O)c1ccc2c(C3CCCCC3)c3n(c2c1)C[C@@H](N=[N+]=[N-])COc1c(OC)cccc1-3. The molecule has 1 fully saturated rings. The molecule has 5 rings (SSSR count). The number of rotatable bonds is 4. The highest BCUT2D eigenvalue weighted by atomic mass is 16.5. The summed E-state index contributed by atoms with van der Waals surface area (Å²) in [5.74, 6) is 1.31. The zero-order valence-electron chi connectivity index (χ0n) is 19.5. The van der Waals surface area contributed by atoms with Crippen LogP contribution in [0.15, 0.2) is 41.5 Å². The van der Waals surface area contributed by atoms with Crippen LogP contribution in [0.5, 0.6) is 11.5 Å². The molecule has 1 saturated carbocycles. The highest BCUT2D eigenvalue weighted by Gasteiger charge is 2.31. The van der Waals surface area contributed by atoms with Gasteiger partial charge in [-0.3, -0.25) is 0 Å². The second-order valence-electron chi connectivity index (χ2n) is 8.94. The summed E-state index contributed by atoms with van der Waals surface area (Å²) in [6, 6.07) is 11.3. The number of nitrogens with zero attached hydrogens (tertiary/aromatic N) is 4. The predicted molar refractivity (Wildman–Crippen MR) is 130 cm³/mol. The Hall–Kier alpha value is -3.64. The predicted octanol–water partition coefficient (Wildman–Crippen LogP) is 6.22. The van der Waals surface area contributed by atoms with Gasteiger partial charge in [-0.1, -0.05) is 36.5 Å². The van der Waals surface area contributed by atoms with Gasteiger partial charge in [-0.25, -0.2) is 4.79 Å². The van der Waals surface area contributed by atoms with Crippen LogP contribution in [0.1, 0.15) is 53.9 Å². The maximum absolute atomic E-state index is 12.4. The largest absolute Gasteiger partial charge is 0.493 e. The van der Waals surface area contributed by atoms with Gasteiger partial charge in [0.1, 0.15) is 0 Å². The smallest absolute Gasteiger partial charge is 0.337 e. The van der Waals surface area contributed by atoms with E-state index in [1.165, 1.54) is 31.9 Å². The fourth-order valence-corrected chi connectivity index (χ4v) is 5.50. The van der Waals surface area contributed by atoms with Crippen LogP contribution in [0.2, 0.25) is 0 Å². The summed E-state index contributed by atoms with van der Waals surface area (Å²) in [5.41, 5.74) is 13.9. The maximum Gasteiger partial charge on any atom is 0.337 e. The van der Waals surface area contributed by atoms with Gasteiger partial charge in [0.15, 0.2) is 11.5 Å². The third kappa shape index (κ3) is 3.74. The van der Waals surface area contributed by atoms with Crippen molar-refractivity contribution in [2.75, 3.05) is 20.8 Å². The average molecular weight is 461 g/mol. The molecule has 0 bridgehead atoms. The Morgan fingerprint density at radius 1 is 1.18 bits per heavy atom. The standard InChI is InChI=1S/C26H28N4O4/c1-32-22-10-6-9-20-24-23(16-7-4-3-5-8-16)19-12-11-17(26(31)33-2)13-21(19)30(24)14-18(28-29-27)15-34-25(20)22/h6,9-13,16,18H,3-5,7-8,14-15H2,1-2H3/t18-/m1/s1. The molecule has 2 heterocycles. The minimum atomic E-state index is -0.418. The molecule has 8 nitrogen and oxygen atoms in total. The second kappa shape index (κ2) is 9.31. The van der Waals surface area contributed by atoms with Crippen molar-refractivity contribution in [1.29, 1.82) is 0 Å². The average Bonchev–Trinajstić information content (AvgIpc) is 3.18. The number of methoxy groups -OCH3 is 2.